The van der Waals surface area contributed by atoms with Crippen molar-refractivity contribution in [2.75, 3.05) is 0 Å². The van der Waals surface area contributed by atoms with Crippen LogP contribution in [0.25, 0.3) is 0 Å². The fraction of sp³-hybridized carbons (Fsp3) is 0.588. The van der Waals surface area contributed by atoms with Gasteiger partial charge in [-0.25, -0.2) is 0 Å². The summed E-state index contributed by atoms with van der Waals surface area (Å²) in [5.74, 6) is -14.5. The Morgan fingerprint density at radius 1 is 0.214 bits per heavy atom. The van der Waals surface area contributed by atoms with Crippen LogP contribution < -0.4 is 0 Å². The Morgan fingerprint density at radius 2 is 0.357 bits per heavy atom. The zero-order valence-corrected chi connectivity index (χ0v) is 30.2. The number of ether oxygens (including phenoxy) is 6. The van der Waals surface area contributed by atoms with Gasteiger partial charge in [0.25, 0.3) is 0 Å². The van der Waals surface area contributed by atoms with E-state index < -0.39 is 135 Å². The fourth-order valence-electron chi connectivity index (χ4n) is 3.84. The van der Waals surface area contributed by atoms with Crippen LogP contribution in [0.1, 0.15) is 128 Å². The van der Waals surface area contributed by atoms with E-state index in [4.69, 9.17) is 10.2 Å². The molecule has 0 radical (unpaired) electrons. The first-order valence-corrected chi connectivity index (χ1v) is 17.2. The molecule has 0 spiro atoms. The van der Waals surface area contributed by atoms with Gasteiger partial charge in [-0.1, -0.05) is 0 Å². The maximum Gasteiger partial charge on any atom is 0.314 e. The molecule has 22 heteroatoms. The molecule has 22 nitrogen and oxygen atoms in total. The van der Waals surface area contributed by atoms with Crippen LogP contribution in [-0.4, -0.2) is 93.8 Å². The van der Waals surface area contributed by atoms with Gasteiger partial charge < -0.3 is 38.6 Å². The van der Waals surface area contributed by atoms with Crippen LogP contribution in [0.3, 0.4) is 0 Å². The molecule has 0 aliphatic heterocycles. The minimum Gasteiger partial charge on any atom is -0.481 e. The molecule has 0 atom stereocenters. The van der Waals surface area contributed by atoms with E-state index in [1.807, 2.05) is 0 Å². The molecule has 0 fully saturated rings. The Bertz CT molecular complexity index is 1380. The number of aliphatic carboxylic acids is 2. The summed E-state index contributed by atoms with van der Waals surface area (Å²) in [5.41, 5.74) is 0. The summed E-state index contributed by atoms with van der Waals surface area (Å²) in [6, 6.07) is 0. The van der Waals surface area contributed by atoms with Crippen LogP contribution in [-0.2, 0) is 95.5 Å². The largest absolute Gasteiger partial charge is 0.481 e. The van der Waals surface area contributed by atoms with Gasteiger partial charge >= 0.3 is 83.6 Å². The van der Waals surface area contributed by atoms with E-state index in [1.165, 1.54) is 0 Å². The van der Waals surface area contributed by atoms with Crippen LogP contribution in [0, 0.1) is 0 Å². The molecule has 0 aromatic rings. The summed E-state index contributed by atoms with van der Waals surface area (Å²) >= 11 is 0. The van der Waals surface area contributed by atoms with Crippen molar-refractivity contribution in [2.45, 2.75) is 128 Å². The highest BCUT2D eigenvalue weighted by Crippen LogP contribution is 2.09. The second-order valence-corrected chi connectivity index (χ2v) is 11.5. The Morgan fingerprint density at radius 3 is 0.536 bits per heavy atom. The van der Waals surface area contributed by atoms with Gasteiger partial charge in [-0.15, -0.1) is 0 Å². The molecule has 0 amide bonds. The Kier molecular flexibility index (Phi) is 25.9. The van der Waals surface area contributed by atoms with Gasteiger partial charge in [0, 0.05) is 64.2 Å². The number of hydrogen-bond acceptors (Lipinski definition) is 20. The van der Waals surface area contributed by atoms with E-state index >= 15 is 0 Å². The van der Waals surface area contributed by atoms with Gasteiger partial charge in [0.2, 0.25) is 0 Å². The van der Waals surface area contributed by atoms with Gasteiger partial charge in [0.15, 0.2) is 0 Å². The molecule has 0 rings (SSSR count). The SMILES string of the molecule is O=C(O)CCCC(=O)OC(=O)CCC(=O)OC(=O)CCCC(=O)OC(=O)CCCCC(=O)OC(=O)CCCC(=O)OC(=O)CCC(=O)OC(=O)CCCC(=O)O. The summed E-state index contributed by atoms with van der Waals surface area (Å²) in [4.78, 5) is 161. The first-order chi connectivity index (χ1) is 26.4. The van der Waals surface area contributed by atoms with Gasteiger partial charge in [-0.2, -0.15) is 0 Å². The lowest BCUT2D eigenvalue weighted by Gasteiger charge is -2.05. The molecule has 0 saturated heterocycles. The van der Waals surface area contributed by atoms with E-state index in [0.717, 1.165) is 0 Å². The predicted molar refractivity (Wildman–Crippen MR) is 174 cm³/mol. The third kappa shape index (κ3) is 30.3. The predicted octanol–water partition coefficient (Wildman–Crippen LogP) is 1.38. The van der Waals surface area contributed by atoms with Crippen molar-refractivity contribution in [1.29, 1.82) is 0 Å². The van der Waals surface area contributed by atoms with Crippen LogP contribution in [0.5, 0.6) is 0 Å². The van der Waals surface area contributed by atoms with Gasteiger partial charge in [-0.05, 0) is 38.5 Å². The Balaban J connectivity index is 4.01. The first kappa shape index (κ1) is 49.8. The number of carbonyl (C=O) groups is 14. The number of hydrogen-bond donors (Lipinski definition) is 2. The second kappa shape index (κ2) is 29.2. The molecule has 0 aromatic heterocycles. The fourth-order valence-corrected chi connectivity index (χ4v) is 3.84. The standard InChI is InChI=1S/C34H42O22/c35-21(36)7-3-11-25(41)53-31(47)17-19-33(49)55-29(45)15-5-13-27(43)51-23(39)9-1-2-10-24(40)52-28(44)14-6-16-30(46)56-34(50)20-18-32(48)54-26(42)12-4-8-22(37)38/h1-20H2,(H,35,36)(H,37,38). The Hall–Kier alpha value is -6.22. The first-order valence-electron chi connectivity index (χ1n) is 17.2. The van der Waals surface area contributed by atoms with Crippen molar-refractivity contribution in [3.05, 3.63) is 0 Å². The third-order valence-corrected chi connectivity index (χ3v) is 6.51. The third-order valence-electron chi connectivity index (χ3n) is 6.51. The lowest BCUT2D eigenvalue weighted by molar-refractivity contribution is -0.165. The molecule has 0 aliphatic carbocycles. The van der Waals surface area contributed by atoms with Crippen molar-refractivity contribution >= 4 is 83.6 Å². The maximum absolute atomic E-state index is 11.8. The Labute approximate surface area is 317 Å². The maximum atomic E-state index is 11.8. The van der Waals surface area contributed by atoms with Crippen LogP contribution >= 0.6 is 0 Å². The molecule has 310 valence electrons. The molecule has 0 aromatic carbocycles. The minimum absolute atomic E-state index is 0.0466. The highest BCUT2D eigenvalue weighted by molar-refractivity contribution is 5.92. The zero-order chi connectivity index (χ0) is 42.5. The minimum atomic E-state index is -1.13. The van der Waals surface area contributed by atoms with Crippen molar-refractivity contribution in [2.24, 2.45) is 0 Å². The summed E-state index contributed by atoms with van der Waals surface area (Å²) in [5, 5.41) is 17.0. The molecule has 0 heterocycles. The monoisotopic (exact) mass is 802 g/mol. The van der Waals surface area contributed by atoms with Crippen LogP contribution in [0.15, 0.2) is 0 Å². The molecule has 0 bridgehead atoms. The zero-order valence-electron chi connectivity index (χ0n) is 30.2. The number of rotatable bonds is 27. The van der Waals surface area contributed by atoms with Crippen molar-refractivity contribution in [3.63, 3.8) is 0 Å². The van der Waals surface area contributed by atoms with E-state index in [0.29, 0.717) is 0 Å². The van der Waals surface area contributed by atoms with E-state index in [2.05, 4.69) is 28.4 Å². The van der Waals surface area contributed by atoms with Crippen LogP contribution in [0.4, 0.5) is 0 Å². The number of carboxylic acid groups (broad SMARTS) is 2. The molecule has 0 saturated carbocycles. The molecule has 0 aliphatic rings. The van der Waals surface area contributed by atoms with Gasteiger partial charge in [0.1, 0.15) is 0 Å². The summed E-state index contributed by atoms with van der Waals surface area (Å²) < 4.78 is 26.9. The topological polar surface area (TPSA) is 335 Å². The summed E-state index contributed by atoms with van der Waals surface area (Å²) in [7, 11) is 0. The molecular formula is C34H42O22. The average molecular weight is 803 g/mol. The van der Waals surface area contributed by atoms with Gasteiger partial charge in [0.05, 0.1) is 25.7 Å². The van der Waals surface area contributed by atoms with Crippen LogP contribution in [0.2, 0.25) is 0 Å². The summed E-state index contributed by atoms with van der Waals surface area (Å²) in [6.07, 6.45) is -6.08. The number of carboxylic acids is 2. The van der Waals surface area contributed by atoms with E-state index in [-0.39, 0.29) is 77.0 Å². The van der Waals surface area contributed by atoms with Crippen molar-refractivity contribution < 1.29 is 106 Å². The van der Waals surface area contributed by atoms with Crippen molar-refractivity contribution in [1.82, 2.24) is 0 Å². The quantitative estimate of drug-likeness (QED) is 0.0512. The highest BCUT2D eigenvalue weighted by atomic mass is 16.6. The number of carbonyl (C=O) groups excluding carboxylic acids is 12. The number of unbranched alkanes of at least 4 members (excludes halogenated alkanes) is 1. The lowest BCUT2D eigenvalue weighted by Crippen LogP contribution is -2.17. The van der Waals surface area contributed by atoms with Gasteiger partial charge in [-0.3, -0.25) is 67.1 Å². The molecule has 0 unspecified atom stereocenters. The number of esters is 12. The molecule has 56 heavy (non-hydrogen) atoms. The summed E-state index contributed by atoms with van der Waals surface area (Å²) in [6.45, 7) is 0. The lowest BCUT2D eigenvalue weighted by atomic mass is 10.2. The smallest absolute Gasteiger partial charge is 0.314 e. The van der Waals surface area contributed by atoms with E-state index in [1.54, 1.807) is 0 Å². The van der Waals surface area contributed by atoms with E-state index in [9.17, 15) is 67.1 Å². The average Bonchev–Trinajstić information content (AvgIpc) is 3.07. The molecule has 2 N–H and O–H groups in total. The normalized spacial score (nSPS) is 10.2. The van der Waals surface area contributed by atoms with Crippen molar-refractivity contribution in [3.8, 4) is 0 Å². The molecular weight excluding hydrogens is 760 g/mol. The highest BCUT2D eigenvalue weighted by Gasteiger charge is 2.19. The second-order valence-electron chi connectivity index (χ2n) is 11.5.